The summed E-state index contributed by atoms with van der Waals surface area (Å²) >= 11 is 0. The number of halogens is 1. The minimum atomic E-state index is -0.581. The van der Waals surface area contributed by atoms with Gasteiger partial charge in [0, 0.05) is 7.11 Å². The molecular formula is C9H11FN2O2. The van der Waals surface area contributed by atoms with Crippen LogP contribution in [0.1, 0.15) is 6.92 Å². The number of nitrogens with one attached hydrogen (secondary N) is 1. The lowest BCUT2D eigenvalue weighted by Gasteiger charge is -2.09. The van der Waals surface area contributed by atoms with Gasteiger partial charge in [-0.2, -0.15) is 4.39 Å². The molecule has 0 spiro atoms. The van der Waals surface area contributed by atoms with Crippen molar-refractivity contribution in [1.82, 2.24) is 4.98 Å². The van der Waals surface area contributed by atoms with Crippen LogP contribution in [-0.2, 0) is 9.53 Å². The second-order valence-corrected chi connectivity index (χ2v) is 2.74. The van der Waals surface area contributed by atoms with Crippen LogP contribution in [0.3, 0.4) is 0 Å². The third kappa shape index (κ3) is 2.77. The van der Waals surface area contributed by atoms with E-state index in [1.54, 1.807) is 6.92 Å². The molecule has 1 aromatic heterocycles. The topological polar surface area (TPSA) is 51.2 Å². The normalized spacial score (nSPS) is 12.2. The van der Waals surface area contributed by atoms with Crippen LogP contribution in [-0.4, -0.2) is 24.1 Å². The van der Waals surface area contributed by atoms with Crippen molar-refractivity contribution in [2.45, 2.75) is 13.0 Å². The quantitative estimate of drug-likeness (QED) is 0.742. The van der Waals surface area contributed by atoms with Gasteiger partial charge < -0.3 is 10.1 Å². The molecule has 0 bridgehead atoms. The van der Waals surface area contributed by atoms with E-state index in [1.807, 2.05) is 0 Å². The van der Waals surface area contributed by atoms with E-state index in [9.17, 15) is 9.18 Å². The molecule has 0 aliphatic heterocycles. The van der Waals surface area contributed by atoms with Gasteiger partial charge in [-0.1, -0.05) is 0 Å². The van der Waals surface area contributed by atoms with Crippen LogP contribution < -0.4 is 5.32 Å². The van der Waals surface area contributed by atoms with Crippen LogP contribution in [0.5, 0.6) is 0 Å². The molecule has 1 heterocycles. The summed E-state index contributed by atoms with van der Waals surface area (Å²) in [7, 11) is 1.44. The minimum Gasteiger partial charge on any atom is -0.372 e. The van der Waals surface area contributed by atoms with E-state index >= 15 is 0 Å². The van der Waals surface area contributed by atoms with E-state index in [0.717, 1.165) is 0 Å². The van der Waals surface area contributed by atoms with Gasteiger partial charge >= 0.3 is 0 Å². The zero-order chi connectivity index (χ0) is 10.6. The van der Waals surface area contributed by atoms with Crippen molar-refractivity contribution in [1.29, 1.82) is 0 Å². The van der Waals surface area contributed by atoms with Crippen molar-refractivity contribution < 1.29 is 13.9 Å². The van der Waals surface area contributed by atoms with E-state index in [2.05, 4.69) is 10.3 Å². The third-order valence-corrected chi connectivity index (χ3v) is 1.72. The van der Waals surface area contributed by atoms with Crippen LogP contribution in [0.4, 0.5) is 10.1 Å². The van der Waals surface area contributed by atoms with Crippen LogP contribution in [0.25, 0.3) is 0 Å². The zero-order valence-corrected chi connectivity index (χ0v) is 7.95. The second kappa shape index (κ2) is 4.66. The molecule has 4 nitrogen and oxygen atoms in total. The number of carbonyl (C=O) groups excluding carboxylic acids is 1. The monoisotopic (exact) mass is 198 g/mol. The zero-order valence-electron chi connectivity index (χ0n) is 7.95. The molecule has 1 unspecified atom stereocenters. The molecule has 0 saturated carbocycles. The molecule has 76 valence electrons. The molecule has 0 aliphatic rings. The first kappa shape index (κ1) is 10.6. The number of methoxy groups -OCH3 is 1. The summed E-state index contributed by atoms with van der Waals surface area (Å²) in [5.74, 6) is -0.872. The van der Waals surface area contributed by atoms with Gasteiger partial charge in [-0.15, -0.1) is 0 Å². The molecule has 1 aromatic rings. The van der Waals surface area contributed by atoms with Gasteiger partial charge in [-0.3, -0.25) is 4.79 Å². The maximum absolute atomic E-state index is 12.4. The summed E-state index contributed by atoms with van der Waals surface area (Å²) in [6, 6.07) is 2.61. The number of pyridine rings is 1. The average molecular weight is 198 g/mol. The third-order valence-electron chi connectivity index (χ3n) is 1.72. The molecule has 0 aliphatic carbocycles. The largest absolute Gasteiger partial charge is 0.372 e. The van der Waals surface area contributed by atoms with Crippen LogP contribution in [0, 0.1) is 5.95 Å². The van der Waals surface area contributed by atoms with Gasteiger partial charge in [-0.25, -0.2) is 4.98 Å². The Morgan fingerprint density at radius 3 is 2.86 bits per heavy atom. The predicted molar refractivity (Wildman–Crippen MR) is 49.3 cm³/mol. The van der Waals surface area contributed by atoms with Gasteiger partial charge in [-0.05, 0) is 19.1 Å². The molecule has 1 N–H and O–H groups in total. The smallest absolute Gasteiger partial charge is 0.253 e. The molecule has 14 heavy (non-hydrogen) atoms. The number of amides is 1. The summed E-state index contributed by atoms with van der Waals surface area (Å²) in [4.78, 5) is 14.7. The highest BCUT2D eigenvalue weighted by molar-refractivity contribution is 5.93. The van der Waals surface area contributed by atoms with Gasteiger partial charge in [0.15, 0.2) is 0 Å². The first-order valence-corrected chi connectivity index (χ1v) is 4.08. The van der Waals surface area contributed by atoms with Gasteiger partial charge in [0.2, 0.25) is 5.95 Å². The summed E-state index contributed by atoms with van der Waals surface area (Å²) in [6.07, 6.45) is 0.704. The first-order chi connectivity index (χ1) is 6.63. The van der Waals surface area contributed by atoms with Crippen LogP contribution >= 0.6 is 0 Å². The van der Waals surface area contributed by atoms with E-state index in [-0.39, 0.29) is 5.91 Å². The van der Waals surface area contributed by atoms with E-state index in [1.165, 1.54) is 25.4 Å². The SMILES string of the molecule is COC(C)C(=O)Nc1ccc(F)nc1. The van der Waals surface area contributed by atoms with E-state index in [4.69, 9.17) is 4.74 Å². The van der Waals surface area contributed by atoms with E-state index < -0.39 is 12.1 Å². The van der Waals surface area contributed by atoms with Crippen molar-refractivity contribution in [3.63, 3.8) is 0 Å². The van der Waals surface area contributed by atoms with Crippen molar-refractivity contribution in [2.75, 3.05) is 12.4 Å². The summed E-state index contributed by atoms with van der Waals surface area (Å²) in [5, 5.41) is 2.53. The highest BCUT2D eigenvalue weighted by atomic mass is 19.1. The Morgan fingerprint density at radius 1 is 1.64 bits per heavy atom. The Bertz CT molecular complexity index is 313. The highest BCUT2D eigenvalue weighted by Gasteiger charge is 2.11. The Hall–Kier alpha value is -1.49. The van der Waals surface area contributed by atoms with Gasteiger partial charge in [0.25, 0.3) is 5.91 Å². The molecular weight excluding hydrogens is 187 g/mol. The molecule has 0 aromatic carbocycles. The predicted octanol–water partition coefficient (Wildman–Crippen LogP) is 1.19. The fourth-order valence-corrected chi connectivity index (χ4v) is 0.801. The fraction of sp³-hybridized carbons (Fsp3) is 0.333. The number of hydrogen-bond donors (Lipinski definition) is 1. The van der Waals surface area contributed by atoms with Gasteiger partial charge in [0.1, 0.15) is 6.10 Å². The van der Waals surface area contributed by atoms with Crippen molar-refractivity contribution in [2.24, 2.45) is 0 Å². The molecule has 0 radical (unpaired) electrons. The van der Waals surface area contributed by atoms with Crippen LogP contribution in [0.2, 0.25) is 0 Å². The highest BCUT2D eigenvalue weighted by Crippen LogP contribution is 2.06. The number of ether oxygens (including phenoxy) is 1. The molecule has 1 atom stereocenters. The number of carbonyl (C=O) groups is 1. The lowest BCUT2D eigenvalue weighted by molar-refractivity contribution is -0.124. The molecule has 0 fully saturated rings. The maximum Gasteiger partial charge on any atom is 0.253 e. The summed E-state index contributed by atoms with van der Waals surface area (Å²) in [5.41, 5.74) is 0.445. The van der Waals surface area contributed by atoms with Crippen molar-refractivity contribution in [3.8, 4) is 0 Å². The van der Waals surface area contributed by atoms with Crippen molar-refractivity contribution >= 4 is 11.6 Å². The Balaban J connectivity index is 2.60. The molecule has 1 amide bonds. The van der Waals surface area contributed by atoms with Crippen molar-refractivity contribution in [3.05, 3.63) is 24.3 Å². The number of aromatic nitrogens is 1. The fourth-order valence-electron chi connectivity index (χ4n) is 0.801. The maximum atomic E-state index is 12.4. The van der Waals surface area contributed by atoms with Crippen LogP contribution in [0.15, 0.2) is 18.3 Å². The summed E-state index contributed by atoms with van der Waals surface area (Å²) in [6.45, 7) is 1.62. The Kier molecular flexibility index (Phi) is 3.53. The van der Waals surface area contributed by atoms with E-state index in [0.29, 0.717) is 5.69 Å². The first-order valence-electron chi connectivity index (χ1n) is 4.08. The standard InChI is InChI=1S/C9H11FN2O2/c1-6(14-2)9(13)12-7-3-4-8(10)11-5-7/h3-6H,1-2H3,(H,12,13). The summed E-state index contributed by atoms with van der Waals surface area (Å²) < 4.78 is 17.2. The Labute approximate surface area is 81.1 Å². The number of hydrogen-bond acceptors (Lipinski definition) is 3. The minimum absolute atomic E-state index is 0.291. The molecule has 5 heteroatoms. The number of rotatable bonds is 3. The molecule has 1 rings (SSSR count). The molecule has 0 saturated heterocycles. The number of anilines is 1. The lowest BCUT2D eigenvalue weighted by Crippen LogP contribution is -2.26. The Morgan fingerprint density at radius 2 is 2.36 bits per heavy atom. The second-order valence-electron chi connectivity index (χ2n) is 2.74. The van der Waals surface area contributed by atoms with Gasteiger partial charge in [0.05, 0.1) is 11.9 Å². The number of nitrogens with zero attached hydrogens (tertiary/aromatic N) is 1. The lowest BCUT2D eigenvalue weighted by atomic mass is 10.3. The average Bonchev–Trinajstić information content (AvgIpc) is 2.20.